The number of hydrogen-bond donors (Lipinski definition) is 12. The normalized spacial score (nSPS) is 13.4. The molecule has 13 N–H and O–H groups in total. The topological polar surface area (TPSA) is 384 Å². The summed E-state index contributed by atoms with van der Waals surface area (Å²) in [5.41, 5.74) is 18.9. The fraction of sp³-hybridized carbons (Fsp3) is 0.384. The van der Waals surface area contributed by atoms with Gasteiger partial charge in [0.25, 0.3) is 11.8 Å². The Hall–Kier alpha value is -12.5. The standard InChI is InChI=1S/C34H45N5O5.C31H35N3O5.C25H23NO3.C7H16N2O2.C2H6/c1-3-25-16-18-27(19-17-25)36-33(43)28(14-9-10-22-35-2)38-34(44)29(24-26-12-6-4-7-13-26)37-30(40)15-8-5-11-23-39-31(41)20-21-32(39)42;1-32-18-10-9-17-27(30(36)37)33-29(35)28(19-21-11-3-2-4-12-21)34-31(38)39-20-26-24-15-7-5-13-22(24)23-14-6-8-16-25(23)26;1-17(27)24(15-18-9-3-2-4-10-18)26-25(28)29-16-23-21-13-7-5-11-19(21)20-12-6-8-14-22(20)23;1-9-5-3-2-4-6(8)7(10)11;1-2/h4,6-7,12-13,16-21,28-29,35H,3,5,8-11,14-15,22-24H2,1-2H3,(H,36,43)(H,37,40)(H,38,44);2-8,11-16,26-28,32H,9-10,17-20H2,1H3,(H,33,35)(H,34,38)(H,36,37);2-14,23-24H,15-16H2,1H3,(H,26,28);6,9H,2-5,8H2,1H3,(H,10,11);1-2H3/t28-,29-;27-,28-;24-;6-;/m0000./s1. The molecule has 0 unspecified atom stereocenters. The zero-order chi connectivity index (χ0) is 90.3. The molecule has 8 aromatic rings. The third kappa shape index (κ3) is 33.3. The van der Waals surface area contributed by atoms with E-state index in [4.69, 9.17) is 20.3 Å². The van der Waals surface area contributed by atoms with E-state index in [1.54, 1.807) is 0 Å². The van der Waals surface area contributed by atoms with Crippen LogP contribution in [-0.2, 0) is 78.3 Å². The second-order valence-corrected chi connectivity index (χ2v) is 30.6. The van der Waals surface area contributed by atoms with E-state index in [0.29, 0.717) is 63.6 Å². The fourth-order valence-electron chi connectivity index (χ4n) is 14.7. The molecule has 0 radical (unpaired) electrons. The number of carbonyl (C=O) groups excluding carboxylic acids is 9. The molecule has 0 aromatic heterocycles. The van der Waals surface area contributed by atoms with Gasteiger partial charge in [-0.1, -0.05) is 234 Å². The van der Waals surface area contributed by atoms with E-state index in [2.05, 4.69) is 91.2 Å². The lowest BCUT2D eigenvalue weighted by atomic mass is 9.98. The molecular weight excluding hydrogens is 1580 g/mol. The Morgan fingerprint density at radius 3 is 1.18 bits per heavy atom. The summed E-state index contributed by atoms with van der Waals surface area (Å²) in [7, 11) is 5.58. The molecule has 2 aliphatic carbocycles. The van der Waals surface area contributed by atoms with E-state index in [9.17, 15) is 57.8 Å². The molecule has 0 spiro atoms. The highest BCUT2D eigenvalue weighted by atomic mass is 16.6. The number of alkyl carbamates (subject to hydrolysis) is 2. The molecule has 6 atom stereocenters. The van der Waals surface area contributed by atoms with Crippen molar-refractivity contribution in [3.05, 3.63) is 269 Å². The molecule has 1 aliphatic heterocycles. The Balaban J connectivity index is 0.000000243. The molecule has 26 nitrogen and oxygen atoms in total. The van der Waals surface area contributed by atoms with Crippen molar-refractivity contribution in [3.63, 3.8) is 0 Å². The van der Waals surface area contributed by atoms with Crippen LogP contribution in [0.5, 0.6) is 0 Å². The van der Waals surface area contributed by atoms with Crippen LogP contribution < -0.4 is 53.6 Å². The van der Waals surface area contributed by atoms with Gasteiger partial charge in [-0.25, -0.2) is 14.4 Å². The summed E-state index contributed by atoms with van der Waals surface area (Å²) in [6, 6.07) is 63.5. The number of rotatable bonds is 44. The maximum Gasteiger partial charge on any atom is 0.407 e. The number of amides is 8. The molecular formula is C99H125N11O15. The van der Waals surface area contributed by atoms with Gasteiger partial charge in [-0.05, 0) is 204 Å². The van der Waals surface area contributed by atoms with E-state index in [0.717, 1.165) is 114 Å². The summed E-state index contributed by atoms with van der Waals surface area (Å²) in [6.45, 7) is 10.7. The van der Waals surface area contributed by atoms with Crippen LogP contribution in [0.4, 0.5) is 15.3 Å². The highest BCUT2D eigenvalue weighted by molar-refractivity contribution is 6.13. The monoisotopic (exact) mass is 1710 g/mol. The van der Waals surface area contributed by atoms with Crippen LogP contribution in [0.2, 0.25) is 0 Å². The van der Waals surface area contributed by atoms with Crippen LogP contribution >= 0.6 is 0 Å². The summed E-state index contributed by atoms with van der Waals surface area (Å²) in [5.74, 6) is -4.41. The van der Waals surface area contributed by atoms with Crippen molar-refractivity contribution in [2.24, 2.45) is 5.73 Å². The predicted octanol–water partition coefficient (Wildman–Crippen LogP) is 12.9. The summed E-state index contributed by atoms with van der Waals surface area (Å²) in [6.07, 6.45) is 11.2. The van der Waals surface area contributed by atoms with Gasteiger partial charge in [0.05, 0.1) is 6.04 Å². The van der Waals surface area contributed by atoms with E-state index in [1.807, 2.05) is 211 Å². The number of aliphatic carboxylic acids is 2. The number of nitrogens with two attached hydrogens (primary N) is 1. The lowest BCUT2D eigenvalue weighted by Gasteiger charge is -2.23. The molecule has 125 heavy (non-hydrogen) atoms. The molecule has 666 valence electrons. The van der Waals surface area contributed by atoms with Gasteiger partial charge < -0.3 is 73.3 Å². The number of nitrogens with one attached hydrogen (secondary N) is 9. The quantitative estimate of drug-likeness (QED) is 0.0125. The van der Waals surface area contributed by atoms with Gasteiger partial charge in [-0.15, -0.1) is 0 Å². The maximum absolute atomic E-state index is 13.6. The van der Waals surface area contributed by atoms with Crippen LogP contribution in [0.3, 0.4) is 0 Å². The second-order valence-electron chi connectivity index (χ2n) is 30.6. The third-order valence-electron chi connectivity index (χ3n) is 21.5. The Labute approximate surface area is 734 Å². The Kier molecular flexibility index (Phi) is 43.7. The number of imide groups is 1. The smallest absolute Gasteiger partial charge is 0.407 e. The van der Waals surface area contributed by atoms with Gasteiger partial charge in [-0.3, -0.25) is 43.3 Å². The first-order valence-corrected chi connectivity index (χ1v) is 43.4. The van der Waals surface area contributed by atoms with Crippen LogP contribution in [0, 0.1) is 0 Å². The zero-order valence-electron chi connectivity index (χ0n) is 73.0. The van der Waals surface area contributed by atoms with Gasteiger partial charge in [0, 0.05) is 55.5 Å². The molecule has 1 heterocycles. The minimum atomic E-state index is -1.10. The van der Waals surface area contributed by atoms with Crippen LogP contribution in [0.25, 0.3) is 22.3 Å². The van der Waals surface area contributed by atoms with Crippen molar-refractivity contribution >= 4 is 71.0 Å². The average molecular weight is 1710 g/mol. The van der Waals surface area contributed by atoms with E-state index in [-0.39, 0.29) is 73.7 Å². The van der Waals surface area contributed by atoms with Gasteiger partial charge in [0.1, 0.15) is 43.4 Å². The number of Topliss-reactive ketones (excluding diaryl/α,β-unsaturated/α-hetero) is 1. The number of carboxylic acid groups (broad SMARTS) is 2. The van der Waals surface area contributed by atoms with Crippen molar-refractivity contribution in [2.45, 2.75) is 185 Å². The number of benzene rings is 8. The first-order chi connectivity index (χ1) is 60.6. The first kappa shape index (κ1) is 99.6. The van der Waals surface area contributed by atoms with Gasteiger partial charge in [-0.2, -0.15) is 0 Å². The number of fused-ring (bicyclic) bond motifs is 6. The van der Waals surface area contributed by atoms with Crippen molar-refractivity contribution in [1.82, 2.24) is 47.4 Å². The molecule has 8 aromatic carbocycles. The highest BCUT2D eigenvalue weighted by Crippen LogP contribution is 2.46. The molecule has 0 bridgehead atoms. The van der Waals surface area contributed by atoms with Gasteiger partial charge in [0.15, 0.2) is 5.78 Å². The molecule has 8 amide bonds. The molecule has 0 fully saturated rings. The SMILES string of the molecule is CC.CC(=O)[C@H](Cc1ccccc1)NC(=O)OCC1c2ccccc2-c2ccccc21.CCc1ccc(NC(=O)[C@H](CCCCNC)NC(=O)[C@H](Cc2ccccc2)NC(=O)CCCCCN2C(=O)C=CC2=O)cc1.CNCCCC[C@H](N)C(=O)O.CNCCCC[C@H](NC(=O)[C@H](Cc1ccccc1)NC(=O)OCC1c2ccccc2-c2ccccc21)C(=O)O. The number of aryl methyl sites for hydroxylation is 1. The van der Waals surface area contributed by atoms with Crippen LogP contribution in [0.1, 0.15) is 168 Å². The summed E-state index contributed by atoms with van der Waals surface area (Å²) < 4.78 is 11.2. The van der Waals surface area contributed by atoms with Crippen molar-refractivity contribution < 1.29 is 72.4 Å². The lowest BCUT2D eigenvalue weighted by molar-refractivity contribution is -0.142. The first-order valence-electron chi connectivity index (χ1n) is 43.4. The molecule has 0 saturated carbocycles. The number of hydrogen-bond acceptors (Lipinski definition) is 17. The summed E-state index contributed by atoms with van der Waals surface area (Å²) >= 11 is 0. The highest BCUT2D eigenvalue weighted by Gasteiger charge is 2.34. The number of ketones is 1. The largest absolute Gasteiger partial charge is 0.480 e. The van der Waals surface area contributed by atoms with Crippen molar-refractivity contribution in [3.8, 4) is 22.3 Å². The Morgan fingerprint density at radius 2 is 0.776 bits per heavy atom. The predicted molar refractivity (Wildman–Crippen MR) is 488 cm³/mol. The average Bonchev–Trinajstić information content (AvgIpc) is 1.62. The van der Waals surface area contributed by atoms with Crippen LogP contribution in [0.15, 0.2) is 224 Å². The summed E-state index contributed by atoms with van der Waals surface area (Å²) in [4.78, 5) is 137. The minimum Gasteiger partial charge on any atom is -0.480 e. The minimum absolute atomic E-state index is 0.00180. The molecule has 11 rings (SSSR count). The Morgan fingerprint density at radius 1 is 0.400 bits per heavy atom. The zero-order valence-corrected chi connectivity index (χ0v) is 73.0. The van der Waals surface area contributed by atoms with Crippen LogP contribution in [-0.4, -0.2) is 177 Å². The number of carbonyl (C=O) groups is 11. The number of carboxylic acids is 2. The Bertz CT molecular complexity index is 4660. The molecule has 0 saturated heterocycles. The second kappa shape index (κ2) is 54.9. The molecule has 26 heteroatoms. The third-order valence-corrected chi connectivity index (χ3v) is 21.5. The van der Waals surface area contributed by atoms with Crippen molar-refractivity contribution in [1.29, 1.82) is 0 Å². The van der Waals surface area contributed by atoms with E-state index in [1.165, 1.54) is 35.1 Å². The maximum atomic E-state index is 13.6. The van der Waals surface area contributed by atoms with E-state index >= 15 is 0 Å². The number of nitrogens with zero attached hydrogens (tertiary/aromatic N) is 1. The van der Waals surface area contributed by atoms with Gasteiger partial charge in [0.2, 0.25) is 23.6 Å². The number of unbranched alkanes of at least 4 members (excludes halogenated alkanes) is 5. The van der Waals surface area contributed by atoms with E-state index < -0.39 is 72.2 Å². The number of anilines is 1. The fourth-order valence-corrected chi connectivity index (χ4v) is 14.7. The van der Waals surface area contributed by atoms with Crippen molar-refractivity contribution in [2.75, 3.05) is 65.9 Å². The lowest BCUT2D eigenvalue weighted by Crippen LogP contribution is -2.53. The summed E-state index contributed by atoms with van der Waals surface area (Å²) in [5, 5.41) is 43.9. The van der Waals surface area contributed by atoms with Gasteiger partial charge >= 0.3 is 24.1 Å². The molecule has 3 aliphatic rings. The number of ether oxygens (including phenoxy) is 2.